The van der Waals surface area contributed by atoms with Crippen molar-refractivity contribution in [2.24, 2.45) is 5.92 Å². The molecule has 1 amide bonds. The zero-order valence-electron chi connectivity index (χ0n) is 14.4. The van der Waals surface area contributed by atoms with E-state index in [2.05, 4.69) is 19.2 Å². The molecule has 0 heterocycles. The molecule has 0 saturated carbocycles. The monoisotopic (exact) mass is 358 g/mol. The number of nitrogens with zero attached hydrogens (tertiary/aromatic N) is 1. The molecule has 1 atom stereocenters. The van der Waals surface area contributed by atoms with Gasteiger partial charge in [0, 0.05) is 25.9 Å². The lowest BCUT2D eigenvalue weighted by molar-refractivity contribution is -0.119. The number of hydrogen-bond donors (Lipinski definition) is 1. The van der Waals surface area contributed by atoms with Crippen molar-refractivity contribution < 1.29 is 13.2 Å². The van der Waals surface area contributed by atoms with Crippen LogP contribution < -0.4 is 5.32 Å². The largest absolute Gasteiger partial charge is 0.353 e. The molecule has 0 aliphatic carbocycles. The van der Waals surface area contributed by atoms with Crippen LogP contribution in [-0.4, -0.2) is 44.5 Å². The first kappa shape index (κ1) is 20.0. The van der Waals surface area contributed by atoms with E-state index in [1.807, 2.05) is 13.0 Å². The molecule has 1 rings (SSSR count). The van der Waals surface area contributed by atoms with Crippen molar-refractivity contribution in [3.8, 4) is 0 Å². The highest BCUT2D eigenvalue weighted by Gasteiger charge is 2.17. The standard InChI is InChI=1S/C16H26N2O3S2/c1-12(2)13(3)17-16(19)11-22-10-14-7-6-8-15(9-14)23(20,21)18(4)5/h6-9,12-13H,10-11H2,1-5H3,(H,17,19). The van der Waals surface area contributed by atoms with Crippen LogP contribution in [0.2, 0.25) is 0 Å². The molecule has 5 nitrogen and oxygen atoms in total. The first-order valence-corrected chi connectivity index (χ1v) is 10.1. The van der Waals surface area contributed by atoms with Gasteiger partial charge < -0.3 is 5.32 Å². The zero-order chi connectivity index (χ0) is 17.6. The van der Waals surface area contributed by atoms with E-state index in [4.69, 9.17) is 0 Å². The number of carbonyl (C=O) groups excluding carboxylic acids is 1. The molecule has 1 N–H and O–H groups in total. The third-order valence-corrected chi connectivity index (χ3v) is 6.38. The number of hydrogen-bond acceptors (Lipinski definition) is 4. The molecule has 7 heteroatoms. The number of thioether (sulfide) groups is 1. The van der Waals surface area contributed by atoms with E-state index in [1.54, 1.807) is 18.2 Å². The van der Waals surface area contributed by atoms with Crippen molar-refractivity contribution in [3.05, 3.63) is 29.8 Å². The number of rotatable bonds is 8. The minimum Gasteiger partial charge on any atom is -0.353 e. The highest BCUT2D eigenvalue weighted by atomic mass is 32.2. The molecular formula is C16H26N2O3S2. The molecule has 0 aliphatic heterocycles. The Kier molecular flexibility index (Phi) is 7.57. The number of benzene rings is 1. The van der Waals surface area contributed by atoms with Gasteiger partial charge in [-0.05, 0) is 30.5 Å². The van der Waals surface area contributed by atoms with Crippen molar-refractivity contribution >= 4 is 27.7 Å². The fourth-order valence-electron chi connectivity index (χ4n) is 1.73. The molecule has 0 aromatic heterocycles. The molecule has 130 valence electrons. The van der Waals surface area contributed by atoms with E-state index in [-0.39, 0.29) is 16.8 Å². The van der Waals surface area contributed by atoms with E-state index >= 15 is 0 Å². The maximum absolute atomic E-state index is 12.1. The van der Waals surface area contributed by atoms with Gasteiger partial charge in [-0.1, -0.05) is 26.0 Å². The smallest absolute Gasteiger partial charge is 0.242 e. The van der Waals surface area contributed by atoms with Crippen LogP contribution in [0.25, 0.3) is 0 Å². The zero-order valence-corrected chi connectivity index (χ0v) is 16.0. The number of amides is 1. The van der Waals surface area contributed by atoms with Crippen molar-refractivity contribution in [1.82, 2.24) is 9.62 Å². The molecule has 0 bridgehead atoms. The molecule has 0 saturated heterocycles. The molecule has 0 spiro atoms. The lowest BCUT2D eigenvalue weighted by Gasteiger charge is -2.17. The highest BCUT2D eigenvalue weighted by molar-refractivity contribution is 7.99. The van der Waals surface area contributed by atoms with Gasteiger partial charge in [0.2, 0.25) is 15.9 Å². The Hall–Kier alpha value is -1.05. The van der Waals surface area contributed by atoms with Crippen molar-refractivity contribution in [1.29, 1.82) is 0 Å². The van der Waals surface area contributed by atoms with Crippen molar-refractivity contribution in [2.75, 3.05) is 19.8 Å². The van der Waals surface area contributed by atoms with Crippen LogP contribution >= 0.6 is 11.8 Å². The first-order chi connectivity index (χ1) is 10.6. The molecule has 23 heavy (non-hydrogen) atoms. The van der Waals surface area contributed by atoms with Gasteiger partial charge in [-0.25, -0.2) is 12.7 Å². The molecule has 1 aromatic rings. The van der Waals surface area contributed by atoms with Gasteiger partial charge in [-0.3, -0.25) is 4.79 Å². The van der Waals surface area contributed by atoms with Crippen LogP contribution in [0.3, 0.4) is 0 Å². The van der Waals surface area contributed by atoms with Crippen LogP contribution in [0.15, 0.2) is 29.2 Å². The predicted molar refractivity (Wildman–Crippen MR) is 95.9 cm³/mol. The fourth-order valence-corrected chi connectivity index (χ4v) is 3.49. The average molecular weight is 359 g/mol. The summed E-state index contributed by atoms with van der Waals surface area (Å²) < 4.78 is 25.4. The minimum absolute atomic E-state index is 0.00766. The van der Waals surface area contributed by atoms with Crippen molar-refractivity contribution in [3.63, 3.8) is 0 Å². The van der Waals surface area contributed by atoms with Crippen LogP contribution in [0.5, 0.6) is 0 Å². The highest BCUT2D eigenvalue weighted by Crippen LogP contribution is 2.18. The maximum atomic E-state index is 12.1. The second kappa shape index (κ2) is 8.70. The Morgan fingerprint density at radius 2 is 1.91 bits per heavy atom. The molecule has 0 radical (unpaired) electrons. The van der Waals surface area contributed by atoms with E-state index in [0.717, 1.165) is 5.56 Å². The van der Waals surface area contributed by atoms with Crippen LogP contribution in [0.1, 0.15) is 26.3 Å². The maximum Gasteiger partial charge on any atom is 0.242 e. The van der Waals surface area contributed by atoms with Gasteiger partial charge >= 0.3 is 0 Å². The van der Waals surface area contributed by atoms with Gasteiger partial charge in [0.1, 0.15) is 0 Å². The van der Waals surface area contributed by atoms with E-state index in [1.165, 1.54) is 30.2 Å². The van der Waals surface area contributed by atoms with Gasteiger partial charge in [0.15, 0.2) is 0 Å². The normalized spacial score (nSPS) is 13.3. The lowest BCUT2D eigenvalue weighted by Crippen LogP contribution is -2.37. The van der Waals surface area contributed by atoms with Gasteiger partial charge in [0.25, 0.3) is 0 Å². The summed E-state index contributed by atoms with van der Waals surface area (Å²) in [5, 5.41) is 2.95. The summed E-state index contributed by atoms with van der Waals surface area (Å²) in [5.41, 5.74) is 0.891. The summed E-state index contributed by atoms with van der Waals surface area (Å²) in [6.07, 6.45) is 0. The van der Waals surface area contributed by atoms with E-state index in [0.29, 0.717) is 17.4 Å². The molecule has 1 unspecified atom stereocenters. The quantitative estimate of drug-likeness (QED) is 0.774. The minimum atomic E-state index is -3.42. The topological polar surface area (TPSA) is 66.5 Å². The van der Waals surface area contributed by atoms with Crippen molar-refractivity contribution in [2.45, 2.75) is 37.5 Å². The molecule has 0 aliphatic rings. The number of sulfonamides is 1. The second-order valence-corrected chi connectivity index (χ2v) is 9.17. The Balaban J connectivity index is 2.58. The summed E-state index contributed by atoms with van der Waals surface area (Å²) in [7, 11) is -0.400. The Labute approximate surface area is 143 Å². The van der Waals surface area contributed by atoms with Crippen LogP contribution in [0.4, 0.5) is 0 Å². The fraction of sp³-hybridized carbons (Fsp3) is 0.562. The number of nitrogens with one attached hydrogen (secondary N) is 1. The summed E-state index contributed by atoms with van der Waals surface area (Å²) >= 11 is 1.48. The van der Waals surface area contributed by atoms with E-state index in [9.17, 15) is 13.2 Å². The summed E-state index contributed by atoms with van der Waals surface area (Å²) in [6, 6.07) is 7.00. The Morgan fingerprint density at radius 3 is 2.48 bits per heavy atom. The first-order valence-electron chi connectivity index (χ1n) is 7.53. The summed E-state index contributed by atoms with van der Waals surface area (Å²) in [4.78, 5) is 12.1. The van der Waals surface area contributed by atoms with Gasteiger partial charge in [0.05, 0.1) is 10.6 Å². The second-order valence-electron chi connectivity index (χ2n) is 6.03. The Morgan fingerprint density at radius 1 is 1.26 bits per heavy atom. The molecular weight excluding hydrogens is 332 g/mol. The van der Waals surface area contributed by atoms with Gasteiger partial charge in [-0.2, -0.15) is 0 Å². The number of carbonyl (C=O) groups is 1. The molecule has 1 aromatic carbocycles. The van der Waals surface area contributed by atoms with E-state index < -0.39 is 10.0 Å². The third-order valence-electron chi connectivity index (χ3n) is 3.57. The third kappa shape index (κ3) is 6.16. The SMILES string of the molecule is CC(C)C(C)NC(=O)CSCc1cccc(S(=O)(=O)N(C)C)c1. The molecule has 0 fully saturated rings. The van der Waals surface area contributed by atoms with Crippen LogP contribution in [0, 0.1) is 5.92 Å². The average Bonchev–Trinajstić information content (AvgIpc) is 2.47. The summed E-state index contributed by atoms with van der Waals surface area (Å²) in [6.45, 7) is 6.12. The Bertz CT molecular complexity index is 628. The van der Waals surface area contributed by atoms with Gasteiger partial charge in [-0.15, -0.1) is 11.8 Å². The lowest BCUT2D eigenvalue weighted by atomic mass is 10.1. The van der Waals surface area contributed by atoms with Crippen LogP contribution in [-0.2, 0) is 20.6 Å². The summed E-state index contributed by atoms with van der Waals surface area (Å²) in [5.74, 6) is 1.37. The predicted octanol–water partition coefficient (Wildman–Crippen LogP) is 2.33.